The zero-order valence-electron chi connectivity index (χ0n) is 15.0. The zero-order chi connectivity index (χ0) is 19.4. The number of piperidine rings is 1. The van der Waals surface area contributed by atoms with Gasteiger partial charge in [0.1, 0.15) is 0 Å². The van der Waals surface area contributed by atoms with E-state index in [1.807, 2.05) is 12.1 Å². The molecule has 27 heavy (non-hydrogen) atoms. The van der Waals surface area contributed by atoms with Gasteiger partial charge in [0.05, 0.1) is 10.0 Å². The number of hydrogen-bond donors (Lipinski definition) is 2. The Morgan fingerprint density at radius 1 is 1.11 bits per heavy atom. The summed E-state index contributed by atoms with van der Waals surface area (Å²) in [5.74, 6) is -0.343. The van der Waals surface area contributed by atoms with Gasteiger partial charge in [0.2, 0.25) is 0 Å². The van der Waals surface area contributed by atoms with Crippen molar-refractivity contribution in [3.8, 4) is 0 Å². The van der Waals surface area contributed by atoms with Crippen LogP contribution in [0.25, 0.3) is 0 Å². The minimum Gasteiger partial charge on any atom is -0.369 e. The van der Waals surface area contributed by atoms with Crippen molar-refractivity contribution in [3.63, 3.8) is 0 Å². The number of hydrogen-bond acceptors (Lipinski definition) is 3. The summed E-state index contributed by atoms with van der Waals surface area (Å²) in [5, 5.41) is 6.63. The number of amides is 1. The van der Waals surface area contributed by atoms with Crippen LogP contribution in [0.1, 0.15) is 36.5 Å². The third-order valence-corrected chi connectivity index (χ3v) is 5.61. The maximum Gasteiger partial charge on any atom is 0.257 e. The maximum absolute atomic E-state index is 12.3. The van der Waals surface area contributed by atoms with Crippen LogP contribution in [-0.2, 0) is 0 Å². The summed E-state index contributed by atoms with van der Waals surface area (Å²) in [6, 6.07) is 13.3. The lowest BCUT2D eigenvalue weighted by Gasteiger charge is -2.35. The maximum atomic E-state index is 12.3. The summed E-state index contributed by atoms with van der Waals surface area (Å²) < 4.78 is 0. The average Bonchev–Trinajstić information content (AvgIpc) is 2.65. The van der Waals surface area contributed by atoms with E-state index < -0.39 is 0 Å². The van der Waals surface area contributed by atoms with Crippen molar-refractivity contribution in [3.05, 3.63) is 58.1 Å². The molecule has 0 aromatic heterocycles. The fourth-order valence-corrected chi connectivity index (χ4v) is 3.70. The number of halogens is 2. The second kappa shape index (κ2) is 8.91. The molecule has 1 aliphatic rings. The van der Waals surface area contributed by atoms with Crippen LogP contribution in [0.3, 0.4) is 0 Å². The van der Waals surface area contributed by atoms with E-state index >= 15 is 0 Å². The average molecular weight is 422 g/mol. The summed E-state index contributed by atoms with van der Waals surface area (Å²) in [4.78, 5) is 14.7. The standard InChI is InChI=1S/C20H21Cl2N3OS/c1-13-4-2-3-11-25(13)16-8-6-15(7-9-16)23-20(27)24-19(26)14-5-10-17(21)18(22)12-14/h5-10,12-13H,2-4,11H2,1H3,(H2,23,24,26,27). The van der Waals surface area contributed by atoms with E-state index in [9.17, 15) is 4.79 Å². The molecule has 3 rings (SSSR count). The molecule has 1 atom stereocenters. The molecule has 0 saturated carbocycles. The molecule has 142 valence electrons. The van der Waals surface area contributed by atoms with Crippen molar-refractivity contribution >= 4 is 57.8 Å². The van der Waals surface area contributed by atoms with Gasteiger partial charge in [-0.3, -0.25) is 10.1 Å². The normalized spacial score (nSPS) is 16.7. The largest absolute Gasteiger partial charge is 0.369 e. The smallest absolute Gasteiger partial charge is 0.257 e. The number of nitrogens with one attached hydrogen (secondary N) is 2. The highest BCUT2D eigenvalue weighted by Crippen LogP contribution is 2.26. The molecule has 2 aromatic rings. The van der Waals surface area contributed by atoms with E-state index in [2.05, 4.69) is 34.6 Å². The molecule has 1 heterocycles. The molecule has 0 aliphatic carbocycles. The summed E-state index contributed by atoms with van der Waals surface area (Å²) in [6.07, 6.45) is 3.75. The van der Waals surface area contributed by atoms with Gasteiger partial charge in [-0.1, -0.05) is 23.2 Å². The van der Waals surface area contributed by atoms with Crippen molar-refractivity contribution < 1.29 is 4.79 Å². The van der Waals surface area contributed by atoms with Crippen molar-refractivity contribution in [1.82, 2.24) is 5.32 Å². The second-order valence-corrected chi connectivity index (χ2v) is 7.84. The van der Waals surface area contributed by atoms with Crippen LogP contribution in [0.2, 0.25) is 10.0 Å². The lowest BCUT2D eigenvalue weighted by atomic mass is 10.0. The number of carbonyl (C=O) groups excluding carboxylic acids is 1. The Morgan fingerprint density at radius 2 is 1.85 bits per heavy atom. The van der Waals surface area contributed by atoms with E-state index in [1.165, 1.54) is 31.0 Å². The molecule has 1 amide bonds. The number of nitrogens with zero attached hydrogens (tertiary/aromatic N) is 1. The third-order valence-electron chi connectivity index (χ3n) is 4.67. The summed E-state index contributed by atoms with van der Waals surface area (Å²) in [7, 11) is 0. The molecule has 1 aliphatic heterocycles. The molecule has 4 nitrogen and oxygen atoms in total. The predicted octanol–water partition coefficient (Wildman–Crippen LogP) is 5.50. The Morgan fingerprint density at radius 3 is 2.52 bits per heavy atom. The van der Waals surface area contributed by atoms with Crippen molar-refractivity contribution in [2.75, 3.05) is 16.8 Å². The van der Waals surface area contributed by atoms with Gasteiger partial charge in [-0.25, -0.2) is 0 Å². The molecule has 0 spiro atoms. The predicted molar refractivity (Wildman–Crippen MR) is 117 cm³/mol. The van der Waals surface area contributed by atoms with Gasteiger partial charge in [0.15, 0.2) is 5.11 Å². The van der Waals surface area contributed by atoms with Crippen LogP contribution in [-0.4, -0.2) is 23.6 Å². The Kier molecular flexibility index (Phi) is 6.58. The molecule has 7 heteroatoms. The first kappa shape index (κ1) is 19.9. The topological polar surface area (TPSA) is 44.4 Å². The molecule has 1 fully saturated rings. The molecule has 0 bridgehead atoms. The minimum atomic E-state index is -0.343. The molecule has 2 aromatic carbocycles. The first-order valence-electron chi connectivity index (χ1n) is 8.88. The van der Waals surface area contributed by atoms with Gasteiger partial charge < -0.3 is 10.2 Å². The first-order valence-corrected chi connectivity index (χ1v) is 10.0. The van der Waals surface area contributed by atoms with E-state index in [0.717, 1.165) is 12.2 Å². The first-order chi connectivity index (χ1) is 12.9. The summed E-state index contributed by atoms with van der Waals surface area (Å²) in [6.45, 7) is 3.35. The van der Waals surface area contributed by atoms with Crippen molar-refractivity contribution in [1.29, 1.82) is 0 Å². The fourth-order valence-electron chi connectivity index (χ4n) is 3.19. The summed E-state index contributed by atoms with van der Waals surface area (Å²) in [5.41, 5.74) is 2.42. The van der Waals surface area contributed by atoms with Gasteiger partial charge in [-0.15, -0.1) is 0 Å². The third kappa shape index (κ3) is 5.12. The van der Waals surface area contributed by atoms with Gasteiger partial charge in [-0.05, 0) is 80.9 Å². The molecular formula is C20H21Cl2N3OS. The van der Waals surface area contributed by atoms with Crippen LogP contribution in [0.15, 0.2) is 42.5 Å². The van der Waals surface area contributed by atoms with Crippen LogP contribution in [0.5, 0.6) is 0 Å². The van der Waals surface area contributed by atoms with Gasteiger partial charge in [-0.2, -0.15) is 0 Å². The van der Waals surface area contributed by atoms with Gasteiger partial charge in [0, 0.05) is 29.5 Å². The minimum absolute atomic E-state index is 0.227. The molecule has 2 N–H and O–H groups in total. The Labute approximate surface area is 174 Å². The highest BCUT2D eigenvalue weighted by atomic mass is 35.5. The van der Waals surface area contributed by atoms with Crippen LogP contribution < -0.4 is 15.5 Å². The summed E-state index contributed by atoms with van der Waals surface area (Å²) >= 11 is 17.1. The quantitative estimate of drug-likeness (QED) is 0.642. The van der Waals surface area contributed by atoms with Gasteiger partial charge in [0.25, 0.3) is 5.91 Å². The lowest BCUT2D eigenvalue weighted by Crippen LogP contribution is -2.37. The lowest BCUT2D eigenvalue weighted by molar-refractivity contribution is 0.0977. The second-order valence-electron chi connectivity index (χ2n) is 6.62. The van der Waals surface area contributed by atoms with E-state index in [0.29, 0.717) is 21.7 Å². The van der Waals surface area contributed by atoms with E-state index in [1.54, 1.807) is 12.1 Å². The van der Waals surface area contributed by atoms with Crippen molar-refractivity contribution in [2.24, 2.45) is 0 Å². The van der Waals surface area contributed by atoms with Crippen LogP contribution in [0.4, 0.5) is 11.4 Å². The Bertz CT molecular complexity index is 842. The van der Waals surface area contributed by atoms with Crippen molar-refractivity contribution in [2.45, 2.75) is 32.2 Å². The van der Waals surface area contributed by atoms with E-state index in [4.69, 9.17) is 35.4 Å². The highest BCUT2D eigenvalue weighted by Gasteiger charge is 2.18. The van der Waals surface area contributed by atoms with Crippen LogP contribution >= 0.6 is 35.4 Å². The monoisotopic (exact) mass is 421 g/mol. The molecular weight excluding hydrogens is 401 g/mol. The van der Waals surface area contributed by atoms with Crippen LogP contribution in [0, 0.1) is 0 Å². The highest BCUT2D eigenvalue weighted by molar-refractivity contribution is 7.80. The Balaban J connectivity index is 1.59. The fraction of sp³-hybridized carbons (Fsp3) is 0.300. The number of rotatable bonds is 3. The zero-order valence-corrected chi connectivity index (χ0v) is 17.3. The SMILES string of the molecule is CC1CCCCN1c1ccc(NC(=S)NC(=O)c2ccc(Cl)c(Cl)c2)cc1. The number of thiocarbonyl (C=S) groups is 1. The van der Waals surface area contributed by atoms with Gasteiger partial charge >= 0.3 is 0 Å². The molecule has 1 unspecified atom stereocenters. The number of carbonyl (C=O) groups is 1. The molecule has 0 radical (unpaired) electrons. The molecule has 1 saturated heterocycles. The number of anilines is 2. The Hall–Kier alpha value is -1.82. The number of benzene rings is 2. The van der Waals surface area contributed by atoms with E-state index in [-0.39, 0.29) is 11.0 Å².